The molecule has 3 rings (SSSR count). The first kappa shape index (κ1) is 19.4. The quantitative estimate of drug-likeness (QED) is 0.383. The maximum absolute atomic E-state index is 13.0. The summed E-state index contributed by atoms with van der Waals surface area (Å²) in [4.78, 5) is 22.2. The number of nitro groups is 1. The molecule has 0 aliphatic rings. The number of fused-ring (bicyclic) bond motifs is 1. The number of alkyl halides is 3. The van der Waals surface area contributed by atoms with Crippen LogP contribution in [0.25, 0.3) is 10.1 Å². The maximum Gasteiger partial charge on any atom is 0.423 e. The largest absolute Gasteiger partial charge is 0.423 e. The fraction of sp³-hybridized carbons (Fsp3) is 0.0625. The first-order valence-electron chi connectivity index (χ1n) is 7.13. The Morgan fingerprint density at radius 1 is 1.19 bits per heavy atom. The fourth-order valence-electron chi connectivity index (χ4n) is 2.40. The van der Waals surface area contributed by atoms with Gasteiger partial charge >= 0.3 is 6.18 Å². The van der Waals surface area contributed by atoms with Gasteiger partial charge in [-0.05, 0) is 24.3 Å². The standard InChI is InChI=1S/C16H7Cl2F3N2O3S/c17-9-2-1-3-11-12(9)13(18)14(27-11)15(24)22-7-4-5-10(23(25)26)8(6-7)16(19,20)21/h1-6H,(H,22,24). The van der Waals surface area contributed by atoms with Crippen molar-refractivity contribution in [3.05, 3.63) is 67.0 Å². The summed E-state index contributed by atoms with van der Waals surface area (Å²) in [5.41, 5.74) is -2.82. The minimum Gasteiger partial charge on any atom is -0.321 e. The molecular weight excluding hydrogens is 428 g/mol. The highest BCUT2D eigenvalue weighted by Crippen LogP contribution is 2.40. The van der Waals surface area contributed by atoms with Gasteiger partial charge in [-0.1, -0.05) is 29.3 Å². The summed E-state index contributed by atoms with van der Waals surface area (Å²) in [6.07, 6.45) is -4.95. The van der Waals surface area contributed by atoms with Crippen LogP contribution in [0.4, 0.5) is 24.5 Å². The van der Waals surface area contributed by atoms with E-state index < -0.39 is 28.3 Å². The zero-order valence-electron chi connectivity index (χ0n) is 12.9. The fourth-order valence-corrected chi connectivity index (χ4v) is 4.26. The topological polar surface area (TPSA) is 72.2 Å². The van der Waals surface area contributed by atoms with Crippen molar-refractivity contribution in [3.63, 3.8) is 0 Å². The minimum atomic E-state index is -4.95. The molecule has 1 N–H and O–H groups in total. The molecule has 0 saturated carbocycles. The normalized spacial score (nSPS) is 11.6. The first-order chi connectivity index (χ1) is 12.6. The van der Waals surface area contributed by atoms with Crippen LogP contribution >= 0.6 is 34.5 Å². The Balaban J connectivity index is 1.99. The van der Waals surface area contributed by atoms with E-state index in [0.717, 1.165) is 17.4 Å². The van der Waals surface area contributed by atoms with Gasteiger partial charge in [0, 0.05) is 21.8 Å². The van der Waals surface area contributed by atoms with Crippen molar-refractivity contribution in [1.29, 1.82) is 0 Å². The third-order valence-corrected chi connectivity index (χ3v) is 5.53. The van der Waals surface area contributed by atoms with Gasteiger partial charge in [-0.15, -0.1) is 11.3 Å². The lowest BCUT2D eigenvalue weighted by molar-refractivity contribution is -0.388. The smallest absolute Gasteiger partial charge is 0.321 e. The molecule has 5 nitrogen and oxygen atoms in total. The molecule has 0 bridgehead atoms. The highest BCUT2D eigenvalue weighted by Gasteiger charge is 2.38. The van der Waals surface area contributed by atoms with E-state index in [4.69, 9.17) is 23.2 Å². The van der Waals surface area contributed by atoms with Crippen LogP contribution in [0.15, 0.2) is 36.4 Å². The van der Waals surface area contributed by atoms with Gasteiger partial charge in [0.25, 0.3) is 11.6 Å². The minimum absolute atomic E-state index is 0.0617. The van der Waals surface area contributed by atoms with E-state index in [2.05, 4.69) is 5.32 Å². The van der Waals surface area contributed by atoms with Gasteiger partial charge in [0.15, 0.2) is 0 Å². The Morgan fingerprint density at radius 3 is 2.48 bits per heavy atom. The molecule has 0 unspecified atom stereocenters. The number of halogens is 5. The summed E-state index contributed by atoms with van der Waals surface area (Å²) in [5.74, 6) is -0.751. The predicted octanol–water partition coefficient (Wildman–Crippen LogP) is 6.39. The molecule has 0 fully saturated rings. The molecule has 1 amide bonds. The third kappa shape index (κ3) is 3.71. The number of nitrogens with zero attached hydrogens (tertiary/aromatic N) is 1. The average Bonchev–Trinajstić information content (AvgIpc) is 2.92. The van der Waals surface area contributed by atoms with Gasteiger partial charge in [0.05, 0.1) is 15.0 Å². The molecule has 1 aromatic heterocycles. The van der Waals surface area contributed by atoms with Crippen molar-refractivity contribution in [2.45, 2.75) is 6.18 Å². The van der Waals surface area contributed by atoms with Crippen molar-refractivity contribution >= 4 is 61.9 Å². The molecular formula is C16H7Cl2F3N2O3S. The lowest BCUT2D eigenvalue weighted by atomic mass is 10.1. The second-order valence-electron chi connectivity index (χ2n) is 5.30. The molecule has 1 heterocycles. The average molecular weight is 435 g/mol. The van der Waals surface area contributed by atoms with E-state index >= 15 is 0 Å². The lowest BCUT2D eigenvalue weighted by Gasteiger charge is -2.10. The Morgan fingerprint density at radius 2 is 1.89 bits per heavy atom. The van der Waals surface area contributed by atoms with E-state index in [1.54, 1.807) is 18.2 Å². The summed E-state index contributed by atoms with van der Waals surface area (Å²) >= 11 is 13.3. The van der Waals surface area contributed by atoms with Crippen LogP contribution in [-0.4, -0.2) is 10.8 Å². The van der Waals surface area contributed by atoms with Crippen LogP contribution in [-0.2, 0) is 6.18 Å². The molecule has 0 radical (unpaired) electrons. The second-order valence-corrected chi connectivity index (χ2v) is 7.14. The number of carbonyl (C=O) groups is 1. The van der Waals surface area contributed by atoms with Crippen LogP contribution in [0.2, 0.25) is 10.0 Å². The highest BCUT2D eigenvalue weighted by molar-refractivity contribution is 7.21. The number of nitrogens with one attached hydrogen (secondary N) is 1. The van der Waals surface area contributed by atoms with Crippen LogP contribution in [0.5, 0.6) is 0 Å². The number of carbonyl (C=O) groups excluding carboxylic acids is 1. The molecule has 0 aliphatic carbocycles. The van der Waals surface area contributed by atoms with Crippen molar-refractivity contribution < 1.29 is 22.9 Å². The Hall–Kier alpha value is -2.36. The summed E-state index contributed by atoms with van der Waals surface area (Å²) in [6.45, 7) is 0. The van der Waals surface area contributed by atoms with Crippen molar-refractivity contribution in [2.75, 3.05) is 5.32 Å². The predicted molar refractivity (Wildman–Crippen MR) is 97.9 cm³/mol. The summed E-state index contributed by atoms with van der Waals surface area (Å²) in [5, 5.41) is 14.0. The molecule has 27 heavy (non-hydrogen) atoms. The van der Waals surface area contributed by atoms with E-state index in [0.29, 0.717) is 27.2 Å². The van der Waals surface area contributed by atoms with Gasteiger partial charge in [0.2, 0.25) is 0 Å². The van der Waals surface area contributed by atoms with E-state index in [-0.39, 0.29) is 15.6 Å². The van der Waals surface area contributed by atoms with Crippen LogP contribution in [0.1, 0.15) is 15.2 Å². The van der Waals surface area contributed by atoms with Gasteiger partial charge in [0.1, 0.15) is 10.4 Å². The number of thiophene rings is 1. The molecule has 140 valence electrons. The Labute approximate surface area is 163 Å². The maximum atomic E-state index is 13.0. The summed E-state index contributed by atoms with van der Waals surface area (Å²) < 4.78 is 39.8. The monoisotopic (exact) mass is 434 g/mol. The Bertz CT molecular complexity index is 1080. The van der Waals surface area contributed by atoms with Gasteiger partial charge in [-0.2, -0.15) is 13.2 Å². The number of benzene rings is 2. The molecule has 0 saturated heterocycles. The molecule has 2 aromatic carbocycles. The number of amides is 1. The van der Waals surface area contributed by atoms with Gasteiger partial charge in [-0.3, -0.25) is 14.9 Å². The third-order valence-electron chi connectivity index (χ3n) is 3.57. The van der Waals surface area contributed by atoms with Crippen molar-refractivity contribution in [3.8, 4) is 0 Å². The number of hydrogen-bond donors (Lipinski definition) is 1. The molecule has 3 aromatic rings. The SMILES string of the molecule is O=C(Nc1ccc([N+](=O)[O-])c(C(F)(F)F)c1)c1sc2cccc(Cl)c2c1Cl. The lowest BCUT2D eigenvalue weighted by Crippen LogP contribution is -2.13. The summed E-state index contributed by atoms with van der Waals surface area (Å²) in [7, 11) is 0. The van der Waals surface area contributed by atoms with Crippen molar-refractivity contribution in [1.82, 2.24) is 0 Å². The molecule has 0 aliphatic heterocycles. The number of anilines is 1. The Kier molecular flexibility index (Phi) is 5.02. The number of hydrogen-bond acceptors (Lipinski definition) is 4. The van der Waals surface area contributed by atoms with Crippen molar-refractivity contribution in [2.24, 2.45) is 0 Å². The van der Waals surface area contributed by atoms with Crippen LogP contribution in [0.3, 0.4) is 0 Å². The van der Waals surface area contributed by atoms with Gasteiger partial charge < -0.3 is 5.32 Å². The second kappa shape index (κ2) is 6.99. The zero-order valence-corrected chi connectivity index (χ0v) is 15.3. The highest BCUT2D eigenvalue weighted by atomic mass is 35.5. The number of rotatable bonds is 3. The van der Waals surface area contributed by atoms with Gasteiger partial charge in [-0.25, -0.2) is 0 Å². The van der Waals surface area contributed by atoms with E-state index in [9.17, 15) is 28.1 Å². The molecule has 0 spiro atoms. The zero-order chi connectivity index (χ0) is 19.9. The molecule has 11 heteroatoms. The molecule has 0 atom stereocenters. The number of nitro benzene ring substituents is 1. The van der Waals surface area contributed by atoms with E-state index in [1.807, 2.05) is 0 Å². The summed E-state index contributed by atoms with van der Waals surface area (Å²) in [6, 6.07) is 7.16. The van der Waals surface area contributed by atoms with Crippen LogP contribution < -0.4 is 5.32 Å². The van der Waals surface area contributed by atoms with Crippen LogP contribution in [0, 0.1) is 10.1 Å². The van der Waals surface area contributed by atoms with E-state index in [1.165, 1.54) is 0 Å². The first-order valence-corrected chi connectivity index (χ1v) is 8.70.